The molecule has 8 heteroatoms. The number of amides is 2. The minimum atomic E-state index is -1.56. The van der Waals surface area contributed by atoms with Crippen LogP contribution in [0.1, 0.15) is 28.8 Å². The molecule has 0 aliphatic carbocycles. The maximum absolute atomic E-state index is 14.9. The third-order valence-electron chi connectivity index (χ3n) is 4.62. The van der Waals surface area contributed by atoms with Crippen LogP contribution in [-0.4, -0.2) is 47.2 Å². The number of aromatic nitrogens is 1. The van der Waals surface area contributed by atoms with Gasteiger partial charge in [0.1, 0.15) is 18.1 Å². The first kappa shape index (κ1) is 18.9. The Morgan fingerprint density at radius 2 is 1.89 bits per heavy atom. The summed E-state index contributed by atoms with van der Waals surface area (Å²) in [6, 6.07) is 7.28. The Kier molecular flexibility index (Phi) is 5.73. The summed E-state index contributed by atoms with van der Waals surface area (Å²) in [5, 5.41) is 2.59. The van der Waals surface area contributed by atoms with Gasteiger partial charge in [0, 0.05) is 38.3 Å². The first-order chi connectivity index (χ1) is 13.0. The van der Waals surface area contributed by atoms with Crippen LogP contribution in [0.15, 0.2) is 42.7 Å². The first-order valence-electron chi connectivity index (χ1n) is 8.71. The molecule has 0 atom stereocenters. The third kappa shape index (κ3) is 5.06. The van der Waals surface area contributed by atoms with Crippen molar-refractivity contribution >= 4 is 12.0 Å². The van der Waals surface area contributed by atoms with Gasteiger partial charge >= 0.3 is 6.09 Å². The summed E-state index contributed by atoms with van der Waals surface area (Å²) >= 11 is 0. The number of rotatable bonds is 5. The highest BCUT2D eigenvalue weighted by Crippen LogP contribution is 2.26. The molecule has 144 valence electrons. The maximum Gasteiger partial charge on any atom is 0.410 e. The Hall–Kier alpha value is -2.90. The van der Waals surface area contributed by atoms with Crippen LogP contribution in [0.25, 0.3) is 0 Å². The van der Waals surface area contributed by atoms with E-state index in [1.807, 2.05) is 0 Å². The summed E-state index contributed by atoms with van der Waals surface area (Å²) in [4.78, 5) is 28.2. The number of hydrogen-bond donors (Lipinski definition) is 2. The number of hydrogen-bond acceptors (Lipinski definition) is 3. The van der Waals surface area contributed by atoms with E-state index in [0.29, 0.717) is 11.1 Å². The van der Waals surface area contributed by atoms with Crippen molar-refractivity contribution < 1.29 is 23.1 Å². The van der Waals surface area contributed by atoms with E-state index in [9.17, 15) is 18.4 Å². The van der Waals surface area contributed by atoms with Crippen LogP contribution in [0, 0.1) is 5.82 Å². The van der Waals surface area contributed by atoms with E-state index in [-0.39, 0.29) is 50.8 Å². The normalized spacial score (nSPS) is 16.0. The summed E-state index contributed by atoms with van der Waals surface area (Å²) in [6.45, 7) is 0.343. The lowest BCUT2D eigenvalue weighted by molar-refractivity contribution is 0.0398. The Balaban J connectivity index is 1.42. The molecule has 2 amide bonds. The number of nitrogens with one attached hydrogen (secondary N) is 2. The van der Waals surface area contributed by atoms with E-state index in [4.69, 9.17) is 4.74 Å². The molecule has 0 spiro atoms. The molecule has 1 saturated heterocycles. The smallest absolute Gasteiger partial charge is 0.410 e. The van der Waals surface area contributed by atoms with Crippen molar-refractivity contribution in [1.29, 1.82) is 0 Å². The number of benzene rings is 1. The predicted octanol–water partition coefficient (Wildman–Crippen LogP) is 3.02. The molecule has 2 aromatic rings. The van der Waals surface area contributed by atoms with Gasteiger partial charge in [-0.3, -0.25) is 4.79 Å². The fraction of sp³-hybridized carbons (Fsp3) is 0.368. The second-order valence-electron chi connectivity index (χ2n) is 6.60. The molecule has 1 aromatic heterocycles. The standard InChI is InChI=1S/C19H21F2N3O3/c20-16-3-1-14(2-4-16)12-27-18(26)24-9-6-19(21,7-10-24)13-23-17(25)15-5-8-22-11-15/h1-5,8,11,22H,6-7,9-10,12-13H2,(H,23,25). The van der Waals surface area contributed by atoms with Crippen molar-refractivity contribution in [2.24, 2.45) is 0 Å². The van der Waals surface area contributed by atoms with E-state index in [2.05, 4.69) is 10.3 Å². The van der Waals surface area contributed by atoms with Gasteiger partial charge in [-0.1, -0.05) is 12.1 Å². The molecule has 2 N–H and O–H groups in total. The number of carbonyl (C=O) groups excluding carboxylic acids is 2. The van der Waals surface area contributed by atoms with Crippen molar-refractivity contribution in [2.75, 3.05) is 19.6 Å². The van der Waals surface area contributed by atoms with E-state index in [1.165, 1.54) is 17.0 Å². The zero-order valence-electron chi connectivity index (χ0n) is 14.7. The van der Waals surface area contributed by atoms with Crippen LogP contribution in [-0.2, 0) is 11.3 Å². The third-order valence-corrected chi connectivity index (χ3v) is 4.62. The molecule has 0 saturated carbocycles. The molecule has 1 aromatic carbocycles. The number of nitrogens with zero attached hydrogens (tertiary/aromatic N) is 1. The number of aromatic amines is 1. The molecular formula is C19H21F2N3O3. The van der Waals surface area contributed by atoms with Crippen LogP contribution in [0.4, 0.5) is 13.6 Å². The molecule has 2 heterocycles. The molecule has 0 unspecified atom stereocenters. The Labute approximate surface area is 155 Å². The van der Waals surface area contributed by atoms with Crippen LogP contribution >= 0.6 is 0 Å². The van der Waals surface area contributed by atoms with Gasteiger partial charge in [0.15, 0.2) is 0 Å². The summed E-state index contributed by atoms with van der Waals surface area (Å²) < 4.78 is 32.9. The largest absolute Gasteiger partial charge is 0.445 e. The van der Waals surface area contributed by atoms with Crippen molar-refractivity contribution in [1.82, 2.24) is 15.2 Å². The number of likely N-dealkylation sites (tertiary alicyclic amines) is 1. The highest BCUT2D eigenvalue weighted by molar-refractivity contribution is 5.93. The molecule has 6 nitrogen and oxygen atoms in total. The van der Waals surface area contributed by atoms with Crippen molar-refractivity contribution in [3.05, 3.63) is 59.7 Å². The van der Waals surface area contributed by atoms with Gasteiger partial charge in [0.2, 0.25) is 0 Å². The molecule has 27 heavy (non-hydrogen) atoms. The zero-order valence-corrected chi connectivity index (χ0v) is 14.7. The Bertz CT molecular complexity index is 770. The van der Waals surface area contributed by atoms with E-state index >= 15 is 0 Å². The molecule has 1 aliphatic rings. The Morgan fingerprint density at radius 1 is 1.19 bits per heavy atom. The second-order valence-corrected chi connectivity index (χ2v) is 6.60. The van der Waals surface area contributed by atoms with E-state index in [0.717, 1.165) is 0 Å². The predicted molar refractivity (Wildman–Crippen MR) is 94.4 cm³/mol. The highest BCUT2D eigenvalue weighted by atomic mass is 19.1. The minimum absolute atomic E-state index is 0.0309. The Morgan fingerprint density at radius 3 is 2.52 bits per heavy atom. The lowest BCUT2D eigenvalue weighted by Crippen LogP contribution is -2.49. The maximum atomic E-state index is 14.9. The fourth-order valence-corrected chi connectivity index (χ4v) is 2.89. The topological polar surface area (TPSA) is 74.4 Å². The second kappa shape index (κ2) is 8.20. The molecule has 3 rings (SSSR count). The van der Waals surface area contributed by atoms with E-state index in [1.54, 1.807) is 30.6 Å². The number of H-pyrrole nitrogens is 1. The van der Waals surface area contributed by atoms with Crippen molar-refractivity contribution in [2.45, 2.75) is 25.1 Å². The summed E-state index contributed by atoms with van der Waals surface area (Å²) in [6.07, 6.45) is 2.87. The summed E-state index contributed by atoms with van der Waals surface area (Å²) in [7, 11) is 0. The number of carbonyl (C=O) groups is 2. The number of ether oxygens (including phenoxy) is 1. The van der Waals surface area contributed by atoms with Crippen LogP contribution in [0.3, 0.4) is 0 Å². The average molecular weight is 377 g/mol. The van der Waals surface area contributed by atoms with Gasteiger partial charge < -0.3 is 19.9 Å². The average Bonchev–Trinajstić information content (AvgIpc) is 3.21. The first-order valence-corrected chi connectivity index (χ1v) is 8.71. The number of halogens is 2. The molecular weight excluding hydrogens is 356 g/mol. The van der Waals surface area contributed by atoms with Crippen LogP contribution in [0.2, 0.25) is 0 Å². The monoisotopic (exact) mass is 377 g/mol. The lowest BCUT2D eigenvalue weighted by atomic mass is 9.93. The van der Waals surface area contributed by atoms with Gasteiger partial charge in [0.25, 0.3) is 5.91 Å². The zero-order chi connectivity index (χ0) is 19.3. The molecule has 1 aliphatic heterocycles. The van der Waals surface area contributed by atoms with Gasteiger partial charge in [-0.05, 0) is 23.8 Å². The van der Waals surface area contributed by atoms with Crippen LogP contribution in [0.5, 0.6) is 0 Å². The number of piperidine rings is 1. The van der Waals surface area contributed by atoms with Gasteiger partial charge in [-0.2, -0.15) is 0 Å². The summed E-state index contributed by atoms with van der Waals surface area (Å²) in [5.74, 6) is -0.696. The number of alkyl halides is 1. The van der Waals surface area contributed by atoms with Crippen LogP contribution < -0.4 is 5.32 Å². The lowest BCUT2D eigenvalue weighted by Gasteiger charge is -2.35. The van der Waals surface area contributed by atoms with Gasteiger partial charge in [0.05, 0.1) is 12.1 Å². The SMILES string of the molecule is O=C(NCC1(F)CCN(C(=O)OCc2ccc(F)cc2)CC1)c1cc[nH]c1. The van der Waals surface area contributed by atoms with Gasteiger partial charge in [-0.15, -0.1) is 0 Å². The molecule has 0 bridgehead atoms. The minimum Gasteiger partial charge on any atom is -0.445 e. The quantitative estimate of drug-likeness (QED) is 0.841. The van der Waals surface area contributed by atoms with Gasteiger partial charge in [-0.25, -0.2) is 13.6 Å². The fourth-order valence-electron chi connectivity index (χ4n) is 2.89. The van der Waals surface area contributed by atoms with Crippen molar-refractivity contribution in [3.63, 3.8) is 0 Å². The molecule has 0 radical (unpaired) electrons. The molecule has 1 fully saturated rings. The van der Waals surface area contributed by atoms with Crippen molar-refractivity contribution in [3.8, 4) is 0 Å². The highest BCUT2D eigenvalue weighted by Gasteiger charge is 2.36. The van der Waals surface area contributed by atoms with E-state index < -0.39 is 11.8 Å². The summed E-state index contributed by atoms with van der Waals surface area (Å²) in [5.41, 5.74) is -0.436.